The Morgan fingerprint density at radius 2 is 2.10 bits per heavy atom. The number of benzene rings is 1. The van der Waals surface area contributed by atoms with Crippen LogP contribution in [0.15, 0.2) is 58.5 Å². The van der Waals surface area contributed by atoms with Crippen molar-refractivity contribution in [2.24, 2.45) is 0 Å². The van der Waals surface area contributed by atoms with Gasteiger partial charge in [0.25, 0.3) is 0 Å². The van der Waals surface area contributed by atoms with Crippen molar-refractivity contribution in [3.05, 3.63) is 64.1 Å². The van der Waals surface area contributed by atoms with Crippen molar-refractivity contribution in [3.63, 3.8) is 0 Å². The van der Waals surface area contributed by atoms with Crippen molar-refractivity contribution >= 4 is 17.3 Å². The van der Waals surface area contributed by atoms with E-state index in [2.05, 4.69) is 4.90 Å². The Labute approximate surface area is 127 Å². The van der Waals surface area contributed by atoms with Crippen LogP contribution in [0.2, 0.25) is 0 Å². The predicted molar refractivity (Wildman–Crippen MR) is 80.1 cm³/mol. The molecule has 1 unspecified atom stereocenters. The molecule has 21 heavy (non-hydrogen) atoms. The Morgan fingerprint density at radius 3 is 2.90 bits per heavy atom. The third-order valence-corrected chi connectivity index (χ3v) is 4.59. The lowest BCUT2D eigenvalue weighted by Gasteiger charge is -2.39. The van der Waals surface area contributed by atoms with E-state index in [1.54, 1.807) is 6.08 Å². The van der Waals surface area contributed by atoms with E-state index in [9.17, 15) is 9.59 Å². The standard InChI is InChI=1S/C16H14ClFN2O/c17-15-6-5-11-7-12(9-21)19-13-4-2-1-3-10(13)8-14(19)16(11)20(15)18/h1-6,12,21H,7-9H2. The Hall–Kier alpha value is -1.78. The Balaban J connectivity index is 1.92. The van der Waals surface area contributed by atoms with Gasteiger partial charge in [-0.3, -0.25) is 0 Å². The Bertz CT molecular complexity index is 710. The second-order valence-corrected chi connectivity index (χ2v) is 5.86. The molecule has 3 aliphatic rings. The molecule has 0 saturated carbocycles. The molecule has 1 N–H and O–H groups in total. The molecule has 0 spiro atoms. The fourth-order valence-electron chi connectivity index (χ4n) is 3.42. The van der Waals surface area contributed by atoms with Crippen LogP contribution < -0.4 is 4.90 Å². The summed E-state index contributed by atoms with van der Waals surface area (Å²) in [7, 11) is 0. The van der Waals surface area contributed by atoms with Gasteiger partial charge in [0.05, 0.1) is 18.3 Å². The normalized spacial score (nSPS) is 23.5. The van der Waals surface area contributed by atoms with Crippen LogP contribution in [0.25, 0.3) is 0 Å². The lowest BCUT2D eigenvalue weighted by Crippen LogP contribution is -2.42. The number of anilines is 1. The van der Waals surface area contributed by atoms with Gasteiger partial charge in [-0.15, -0.1) is 0 Å². The van der Waals surface area contributed by atoms with Gasteiger partial charge >= 0.3 is 0 Å². The number of aliphatic hydroxyl groups is 1. The van der Waals surface area contributed by atoms with Gasteiger partial charge in [0.2, 0.25) is 0 Å². The van der Waals surface area contributed by atoms with E-state index in [1.807, 2.05) is 30.3 Å². The molecule has 1 atom stereocenters. The van der Waals surface area contributed by atoms with Crippen LogP contribution >= 0.6 is 11.6 Å². The van der Waals surface area contributed by atoms with Crippen molar-refractivity contribution in [3.8, 4) is 0 Å². The highest BCUT2D eigenvalue weighted by Crippen LogP contribution is 2.46. The minimum atomic E-state index is -0.0580. The van der Waals surface area contributed by atoms with Gasteiger partial charge in [0.1, 0.15) is 5.16 Å². The minimum Gasteiger partial charge on any atom is -0.394 e. The highest BCUT2D eigenvalue weighted by Gasteiger charge is 2.40. The van der Waals surface area contributed by atoms with E-state index in [1.165, 1.54) is 0 Å². The topological polar surface area (TPSA) is 26.7 Å². The molecular weight excluding hydrogens is 291 g/mol. The molecule has 0 fully saturated rings. The summed E-state index contributed by atoms with van der Waals surface area (Å²) in [5.74, 6) is 0. The molecule has 3 nitrogen and oxygen atoms in total. The number of para-hydroxylation sites is 1. The number of hydrogen-bond acceptors (Lipinski definition) is 3. The van der Waals surface area contributed by atoms with Crippen molar-refractivity contribution < 1.29 is 9.59 Å². The summed E-state index contributed by atoms with van der Waals surface area (Å²) >= 11 is 5.92. The zero-order chi connectivity index (χ0) is 14.6. The smallest absolute Gasteiger partial charge is 0.140 e. The fraction of sp³-hybridized carbons (Fsp3) is 0.250. The van der Waals surface area contributed by atoms with Gasteiger partial charge in [0, 0.05) is 17.8 Å². The molecule has 0 radical (unpaired) electrons. The lowest BCUT2D eigenvalue weighted by molar-refractivity contribution is 0.126. The van der Waals surface area contributed by atoms with Crippen LogP contribution in [0.5, 0.6) is 0 Å². The first kappa shape index (κ1) is 12.9. The summed E-state index contributed by atoms with van der Waals surface area (Å²) in [6.07, 6.45) is 4.67. The zero-order valence-electron chi connectivity index (χ0n) is 11.3. The maximum Gasteiger partial charge on any atom is 0.140 e. The maximum atomic E-state index is 14.5. The van der Waals surface area contributed by atoms with Crippen LogP contribution in [0.4, 0.5) is 10.2 Å². The highest BCUT2D eigenvalue weighted by atomic mass is 35.5. The van der Waals surface area contributed by atoms with Crippen LogP contribution in [0.3, 0.4) is 0 Å². The van der Waals surface area contributed by atoms with E-state index in [4.69, 9.17) is 11.6 Å². The van der Waals surface area contributed by atoms with Crippen molar-refractivity contribution in [1.29, 1.82) is 0 Å². The highest BCUT2D eigenvalue weighted by molar-refractivity contribution is 6.29. The molecule has 1 aromatic carbocycles. The van der Waals surface area contributed by atoms with Crippen LogP contribution in [0.1, 0.15) is 12.0 Å². The molecule has 108 valence electrons. The largest absolute Gasteiger partial charge is 0.394 e. The number of rotatable bonds is 1. The molecular formula is C16H14ClFN2O. The molecule has 4 rings (SSSR count). The first-order valence-corrected chi connectivity index (χ1v) is 7.32. The molecule has 5 heteroatoms. The SMILES string of the molecule is OCC1CC2=CC=C(Cl)N(F)C2=C2Cc3ccccc3N21. The molecule has 0 aliphatic carbocycles. The summed E-state index contributed by atoms with van der Waals surface area (Å²) in [4.78, 5) is 2.06. The summed E-state index contributed by atoms with van der Waals surface area (Å²) in [6.45, 7) is 0.0339. The predicted octanol–water partition coefficient (Wildman–Crippen LogP) is 3.23. The third-order valence-electron chi connectivity index (χ3n) is 4.31. The average Bonchev–Trinajstić information content (AvgIpc) is 2.89. The quantitative estimate of drug-likeness (QED) is 0.637. The number of aliphatic hydroxyl groups excluding tert-OH is 1. The monoisotopic (exact) mass is 304 g/mol. The fourth-order valence-corrected chi connectivity index (χ4v) is 3.57. The molecule has 0 amide bonds. The Morgan fingerprint density at radius 1 is 1.29 bits per heavy atom. The van der Waals surface area contributed by atoms with E-state index < -0.39 is 0 Å². The van der Waals surface area contributed by atoms with E-state index >= 15 is 0 Å². The zero-order valence-corrected chi connectivity index (χ0v) is 12.0. The van der Waals surface area contributed by atoms with E-state index in [0.29, 0.717) is 23.7 Å². The second kappa shape index (κ2) is 4.61. The van der Waals surface area contributed by atoms with Gasteiger partial charge < -0.3 is 10.0 Å². The summed E-state index contributed by atoms with van der Waals surface area (Å²) in [5.41, 5.74) is 4.50. The maximum absolute atomic E-state index is 14.5. The molecule has 0 saturated heterocycles. The number of fused-ring (bicyclic) bond motifs is 4. The number of halogens is 2. The summed E-state index contributed by atoms with van der Waals surface area (Å²) in [6, 6.07) is 7.95. The third kappa shape index (κ3) is 1.76. The summed E-state index contributed by atoms with van der Waals surface area (Å²) < 4.78 is 14.5. The second-order valence-electron chi connectivity index (χ2n) is 5.47. The lowest BCUT2D eigenvalue weighted by atomic mass is 9.93. The van der Waals surface area contributed by atoms with Gasteiger partial charge in [-0.2, -0.15) is 5.12 Å². The molecule has 3 heterocycles. The average molecular weight is 305 g/mol. The molecule has 0 bridgehead atoms. The van der Waals surface area contributed by atoms with Gasteiger partial charge in [0.15, 0.2) is 0 Å². The van der Waals surface area contributed by atoms with Crippen molar-refractivity contribution in [2.75, 3.05) is 11.5 Å². The van der Waals surface area contributed by atoms with Gasteiger partial charge in [-0.05, 0) is 29.7 Å². The van der Waals surface area contributed by atoms with Gasteiger partial charge in [-0.25, -0.2) is 0 Å². The number of nitrogens with zero attached hydrogens (tertiary/aromatic N) is 2. The molecule has 0 aromatic heterocycles. The number of allylic oxidation sites excluding steroid dienone is 4. The number of hydrogen-bond donors (Lipinski definition) is 1. The van der Waals surface area contributed by atoms with Crippen molar-refractivity contribution in [1.82, 2.24) is 5.12 Å². The van der Waals surface area contributed by atoms with E-state index in [-0.39, 0.29) is 17.8 Å². The van der Waals surface area contributed by atoms with E-state index in [0.717, 1.165) is 22.5 Å². The summed E-state index contributed by atoms with van der Waals surface area (Å²) in [5, 5.41) is 10.4. The van der Waals surface area contributed by atoms with Crippen molar-refractivity contribution in [2.45, 2.75) is 18.9 Å². The van der Waals surface area contributed by atoms with Crippen LogP contribution in [-0.4, -0.2) is 22.9 Å². The van der Waals surface area contributed by atoms with Crippen LogP contribution in [0, 0.1) is 0 Å². The molecule has 1 aromatic rings. The van der Waals surface area contributed by atoms with Crippen LogP contribution in [-0.2, 0) is 6.42 Å². The molecule has 3 aliphatic heterocycles. The first-order valence-electron chi connectivity index (χ1n) is 6.94. The first-order chi connectivity index (χ1) is 10.2. The Kier molecular flexibility index (Phi) is 2.84. The minimum absolute atomic E-state index is 0.0339. The van der Waals surface area contributed by atoms with Gasteiger partial charge in [-0.1, -0.05) is 40.4 Å².